The molecule has 1 fully saturated rings. The summed E-state index contributed by atoms with van der Waals surface area (Å²) < 4.78 is 0. The molecular weight excluding hydrogens is 270 g/mol. The van der Waals surface area contributed by atoms with Crippen molar-refractivity contribution in [2.24, 2.45) is 5.92 Å². The maximum Gasteiger partial charge on any atom is 0.272 e. The summed E-state index contributed by atoms with van der Waals surface area (Å²) >= 11 is 0. The van der Waals surface area contributed by atoms with E-state index >= 15 is 0 Å². The first-order valence-electron chi connectivity index (χ1n) is 7.39. The fourth-order valence-electron chi connectivity index (χ4n) is 3.06. The molecule has 2 atom stereocenters. The van der Waals surface area contributed by atoms with Crippen LogP contribution in [-0.4, -0.2) is 65.4 Å². The topological polar surface area (TPSA) is 76.9 Å². The number of likely N-dealkylation sites (tertiary alicyclic amines) is 1. The number of β-amino-alcohol motifs (C(OH)–C–C–N with tert-alkyl or cyclic N) is 1. The number of fused-ring (bicyclic) bond motifs is 1. The molecule has 0 radical (unpaired) electrons. The Morgan fingerprint density at radius 1 is 1.43 bits per heavy atom. The van der Waals surface area contributed by atoms with Gasteiger partial charge in [-0.2, -0.15) is 0 Å². The number of rotatable bonds is 2. The minimum Gasteiger partial charge on any atom is -0.396 e. The average Bonchev–Trinajstić information content (AvgIpc) is 2.87. The zero-order chi connectivity index (χ0) is 15.0. The number of amides is 1. The molecule has 6 heteroatoms. The number of likely N-dealkylation sites (N-methyl/N-ethyl adjacent to an activating group) is 1. The Hall–Kier alpha value is -1.66. The van der Waals surface area contributed by atoms with Gasteiger partial charge >= 0.3 is 0 Å². The molecule has 0 bridgehead atoms. The Balaban J connectivity index is 1.76. The smallest absolute Gasteiger partial charge is 0.272 e. The number of aromatic nitrogens is 1. The maximum atomic E-state index is 12.5. The van der Waals surface area contributed by atoms with Crippen molar-refractivity contribution < 1.29 is 15.0 Å². The zero-order valence-electron chi connectivity index (χ0n) is 12.2. The first kappa shape index (κ1) is 14.3. The van der Waals surface area contributed by atoms with E-state index in [9.17, 15) is 9.90 Å². The van der Waals surface area contributed by atoms with E-state index in [0.29, 0.717) is 18.7 Å². The lowest BCUT2D eigenvalue weighted by atomic mass is 9.94. The molecule has 2 aliphatic rings. The molecule has 1 amide bonds. The number of anilines is 1. The molecule has 0 unspecified atom stereocenters. The number of aliphatic hydroxyl groups is 2. The molecule has 1 saturated heterocycles. The molecule has 0 aromatic carbocycles. The third-order valence-corrected chi connectivity index (χ3v) is 4.50. The van der Waals surface area contributed by atoms with Crippen LogP contribution in [0.1, 0.15) is 22.5 Å². The Bertz CT molecular complexity index is 549. The van der Waals surface area contributed by atoms with Gasteiger partial charge < -0.3 is 20.0 Å². The van der Waals surface area contributed by atoms with Crippen LogP contribution >= 0.6 is 0 Å². The summed E-state index contributed by atoms with van der Waals surface area (Å²) in [6.45, 7) is 1.71. The SMILES string of the molecule is CN1CCc2ccc(C(=O)N3CC[C@H](CO)[C@H](O)C3)nc21. The zero-order valence-corrected chi connectivity index (χ0v) is 12.2. The van der Waals surface area contributed by atoms with Crippen LogP contribution in [0.25, 0.3) is 0 Å². The van der Waals surface area contributed by atoms with Gasteiger partial charge in [-0.3, -0.25) is 4.79 Å². The van der Waals surface area contributed by atoms with Crippen molar-refractivity contribution in [1.82, 2.24) is 9.88 Å². The van der Waals surface area contributed by atoms with Gasteiger partial charge in [-0.1, -0.05) is 6.07 Å². The van der Waals surface area contributed by atoms with E-state index in [-0.39, 0.29) is 25.0 Å². The van der Waals surface area contributed by atoms with Crippen LogP contribution in [0.5, 0.6) is 0 Å². The molecule has 0 aliphatic carbocycles. The van der Waals surface area contributed by atoms with Gasteiger partial charge in [0.2, 0.25) is 0 Å². The summed E-state index contributed by atoms with van der Waals surface area (Å²) in [5, 5.41) is 19.1. The molecule has 2 N–H and O–H groups in total. The van der Waals surface area contributed by atoms with Crippen LogP contribution < -0.4 is 4.90 Å². The van der Waals surface area contributed by atoms with Crippen molar-refractivity contribution in [2.75, 3.05) is 38.2 Å². The Kier molecular flexibility index (Phi) is 3.82. The molecule has 0 spiro atoms. The Morgan fingerprint density at radius 3 is 2.95 bits per heavy atom. The quantitative estimate of drug-likeness (QED) is 0.795. The second-order valence-electron chi connectivity index (χ2n) is 5.90. The van der Waals surface area contributed by atoms with Crippen LogP contribution in [0, 0.1) is 5.92 Å². The highest BCUT2D eigenvalue weighted by atomic mass is 16.3. The van der Waals surface area contributed by atoms with Crippen molar-refractivity contribution in [3.63, 3.8) is 0 Å². The van der Waals surface area contributed by atoms with Gasteiger partial charge in [0.05, 0.1) is 6.10 Å². The van der Waals surface area contributed by atoms with Crippen LogP contribution in [0.15, 0.2) is 12.1 Å². The molecular formula is C15H21N3O3. The fourth-order valence-corrected chi connectivity index (χ4v) is 3.06. The third kappa shape index (κ3) is 2.61. The predicted octanol–water partition coefficient (Wildman–Crippen LogP) is -0.111. The van der Waals surface area contributed by atoms with Gasteiger partial charge in [0.1, 0.15) is 11.5 Å². The first-order chi connectivity index (χ1) is 10.1. The Labute approximate surface area is 124 Å². The minimum absolute atomic E-state index is 0.0366. The second kappa shape index (κ2) is 5.61. The number of carbonyl (C=O) groups excluding carboxylic acids is 1. The van der Waals surface area contributed by atoms with Crippen molar-refractivity contribution in [1.29, 1.82) is 0 Å². The lowest BCUT2D eigenvalue weighted by molar-refractivity contribution is 0.000665. The van der Waals surface area contributed by atoms with Crippen molar-refractivity contribution in [2.45, 2.75) is 18.9 Å². The van der Waals surface area contributed by atoms with E-state index in [1.807, 2.05) is 13.1 Å². The fraction of sp³-hybridized carbons (Fsp3) is 0.600. The minimum atomic E-state index is -0.662. The molecule has 21 heavy (non-hydrogen) atoms. The van der Waals surface area contributed by atoms with E-state index in [1.54, 1.807) is 11.0 Å². The van der Waals surface area contributed by atoms with Gasteiger partial charge in [0.15, 0.2) is 0 Å². The highest BCUT2D eigenvalue weighted by Gasteiger charge is 2.31. The number of hydrogen-bond acceptors (Lipinski definition) is 5. The highest BCUT2D eigenvalue weighted by molar-refractivity contribution is 5.93. The molecule has 3 rings (SSSR count). The lowest BCUT2D eigenvalue weighted by Gasteiger charge is -2.35. The molecule has 3 heterocycles. The number of pyridine rings is 1. The van der Waals surface area contributed by atoms with Crippen LogP contribution in [-0.2, 0) is 6.42 Å². The van der Waals surface area contributed by atoms with Crippen LogP contribution in [0.2, 0.25) is 0 Å². The average molecular weight is 291 g/mol. The van der Waals surface area contributed by atoms with E-state index < -0.39 is 6.10 Å². The van der Waals surface area contributed by atoms with E-state index in [4.69, 9.17) is 5.11 Å². The van der Waals surface area contributed by atoms with Crippen molar-refractivity contribution in [3.8, 4) is 0 Å². The first-order valence-corrected chi connectivity index (χ1v) is 7.39. The van der Waals surface area contributed by atoms with Gasteiger partial charge in [-0.15, -0.1) is 0 Å². The van der Waals surface area contributed by atoms with E-state index in [0.717, 1.165) is 18.8 Å². The molecule has 114 valence electrons. The third-order valence-electron chi connectivity index (χ3n) is 4.50. The summed E-state index contributed by atoms with van der Waals surface area (Å²) in [7, 11) is 1.98. The molecule has 6 nitrogen and oxygen atoms in total. The van der Waals surface area contributed by atoms with Gasteiger partial charge in [0.25, 0.3) is 5.91 Å². The summed E-state index contributed by atoms with van der Waals surface area (Å²) in [4.78, 5) is 20.7. The monoisotopic (exact) mass is 291 g/mol. The molecule has 1 aromatic rings. The summed E-state index contributed by atoms with van der Waals surface area (Å²) in [5.41, 5.74) is 1.60. The van der Waals surface area contributed by atoms with Crippen molar-refractivity contribution >= 4 is 11.7 Å². The second-order valence-corrected chi connectivity index (χ2v) is 5.90. The van der Waals surface area contributed by atoms with Gasteiger partial charge in [0, 0.05) is 39.2 Å². The predicted molar refractivity (Wildman–Crippen MR) is 78.3 cm³/mol. The summed E-state index contributed by atoms with van der Waals surface area (Å²) in [6, 6.07) is 3.74. The standard InChI is InChI=1S/C15H21N3O3/c1-17-6-4-10-2-3-12(16-14(10)17)15(21)18-7-5-11(9-19)13(20)8-18/h2-3,11,13,19-20H,4-9H2,1H3/t11-,13-/m1/s1. The summed E-state index contributed by atoms with van der Waals surface area (Å²) in [6.07, 6.45) is 0.923. The number of piperidine rings is 1. The summed E-state index contributed by atoms with van der Waals surface area (Å²) in [5.74, 6) is 0.605. The number of hydrogen-bond donors (Lipinski definition) is 2. The maximum absolute atomic E-state index is 12.5. The number of nitrogens with zero attached hydrogens (tertiary/aromatic N) is 3. The number of aliphatic hydroxyl groups excluding tert-OH is 2. The Morgan fingerprint density at radius 2 is 2.24 bits per heavy atom. The van der Waals surface area contributed by atoms with Gasteiger partial charge in [-0.25, -0.2) is 4.98 Å². The molecule has 2 aliphatic heterocycles. The van der Waals surface area contributed by atoms with E-state index in [1.165, 1.54) is 5.56 Å². The largest absolute Gasteiger partial charge is 0.396 e. The van der Waals surface area contributed by atoms with Crippen LogP contribution in [0.3, 0.4) is 0 Å². The number of carbonyl (C=O) groups is 1. The lowest BCUT2D eigenvalue weighted by Crippen LogP contribution is -2.47. The van der Waals surface area contributed by atoms with E-state index in [2.05, 4.69) is 9.88 Å². The normalized spacial score (nSPS) is 25.1. The molecule has 0 saturated carbocycles. The highest BCUT2D eigenvalue weighted by Crippen LogP contribution is 2.25. The molecule has 1 aromatic heterocycles. The van der Waals surface area contributed by atoms with Crippen molar-refractivity contribution in [3.05, 3.63) is 23.4 Å². The van der Waals surface area contributed by atoms with Crippen LogP contribution in [0.4, 0.5) is 5.82 Å². The van der Waals surface area contributed by atoms with Gasteiger partial charge in [-0.05, 0) is 24.5 Å².